The molecule has 19 heavy (non-hydrogen) atoms. The Kier molecular flexibility index (Phi) is 5.81. The lowest BCUT2D eigenvalue weighted by atomic mass is 10.1. The van der Waals surface area contributed by atoms with E-state index in [0.717, 1.165) is 32.5 Å². The number of rotatable bonds is 5. The van der Waals surface area contributed by atoms with E-state index in [1.54, 1.807) is 18.4 Å². The van der Waals surface area contributed by atoms with Crippen LogP contribution >= 0.6 is 27.3 Å². The van der Waals surface area contributed by atoms with Crippen molar-refractivity contribution in [2.45, 2.75) is 25.4 Å². The number of hydrogen-bond acceptors (Lipinski definition) is 4. The van der Waals surface area contributed by atoms with E-state index in [4.69, 9.17) is 4.74 Å². The second-order valence-electron chi connectivity index (χ2n) is 4.67. The van der Waals surface area contributed by atoms with Gasteiger partial charge in [-0.3, -0.25) is 4.79 Å². The van der Waals surface area contributed by atoms with Crippen LogP contribution in [0.25, 0.3) is 0 Å². The quantitative estimate of drug-likeness (QED) is 0.888. The van der Waals surface area contributed by atoms with Gasteiger partial charge in [0.15, 0.2) is 0 Å². The molecule has 0 spiro atoms. The number of amides is 1. The van der Waals surface area contributed by atoms with Gasteiger partial charge < -0.3 is 15.0 Å². The van der Waals surface area contributed by atoms with Crippen molar-refractivity contribution >= 4 is 33.2 Å². The van der Waals surface area contributed by atoms with E-state index in [-0.39, 0.29) is 12.5 Å². The summed E-state index contributed by atoms with van der Waals surface area (Å²) in [7, 11) is 1.56. The van der Waals surface area contributed by atoms with Crippen molar-refractivity contribution in [2.75, 3.05) is 26.8 Å². The van der Waals surface area contributed by atoms with Crippen LogP contribution in [0.3, 0.4) is 0 Å². The van der Waals surface area contributed by atoms with Crippen molar-refractivity contribution in [3.05, 3.63) is 20.8 Å². The largest absolute Gasteiger partial charge is 0.375 e. The molecule has 0 unspecified atom stereocenters. The molecule has 0 radical (unpaired) electrons. The first kappa shape index (κ1) is 15.0. The molecule has 0 saturated carbocycles. The third-order valence-corrected chi connectivity index (χ3v) is 4.93. The molecule has 0 atom stereocenters. The second kappa shape index (κ2) is 7.38. The number of thiophene rings is 1. The number of carbonyl (C=O) groups excluding carboxylic acids is 1. The Morgan fingerprint density at radius 1 is 1.53 bits per heavy atom. The van der Waals surface area contributed by atoms with Gasteiger partial charge in [0.05, 0.1) is 3.79 Å². The van der Waals surface area contributed by atoms with Gasteiger partial charge >= 0.3 is 0 Å². The van der Waals surface area contributed by atoms with Crippen molar-refractivity contribution in [3.63, 3.8) is 0 Å². The third kappa shape index (κ3) is 4.56. The fourth-order valence-corrected chi connectivity index (χ4v) is 3.67. The highest BCUT2D eigenvalue weighted by molar-refractivity contribution is 9.11. The van der Waals surface area contributed by atoms with Crippen molar-refractivity contribution in [1.29, 1.82) is 0 Å². The minimum absolute atomic E-state index is 0.100. The molecular formula is C13H19BrN2O2S. The molecule has 1 saturated heterocycles. The van der Waals surface area contributed by atoms with Crippen LogP contribution in [-0.2, 0) is 16.1 Å². The zero-order valence-corrected chi connectivity index (χ0v) is 13.4. The molecule has 2 rings (SSSR count). The van der Waals surface area contributed by atoms with Gasteiger partial charge in [0.25, 0.3) is 0 Å². The van der Waals surface area contributed by atoms with Gasteiger partial charge in [-0.1, -0.05) is 0 Å². The van der Waals surface area contributed by atoms with Crippen LogP contribution in [0.1, 0.15) is 17.7 Å². The van der Waals surface area contributed by atoms with Crippen LogP contribution < -0.4 is 5.32 Å². The summed E-state index contributed by atoms with van der Waals surface area (Å²) in [4.78, 5) is 14.9. The Bertz CT molecular complexity index is 417. The molecule has 1 aliphatic heterocycles. The fourth-order valence-electron chi connectivity index (χ4n) is 2.24. The van der Waals surface area contributed by atoms with E-state index >= 15 is 0 Å². The maximum absolute atomic E-state index is 11.7. The molecule has 1 aromatic rings. The number of ether oxygens (including phenoxy) is 1. The van der Waals surface area contributed by atoms with Crippen LogP contribution in [0.2, 0.25) is 0 Å². The van der Waals surface area contributed by atoms with Gasteiger partial charge in [-0.2, -0.15) is 0 Å². The third-order valence-electron chi connectivity index (χ3n) is 3.31. The van der Waals surface area contributed by atoms with E-state index in [1.165, 1.54) is 8.66 Å². The maximum atomic E-state index is 11.7. The van der Waals surface area contributed by atoms with Crippen molar-refractivity contribution in [3.8, 4) is 0 Å². The Morgan fingerprint density at radius 2 is 2.26 bits per heavy atom. The van der Waals surface area contributed by atoms with E-state index in [0.29, 0.717) is 6.04 Å². The molecular weight excluding hydrogens is 328 g/mol. The summed E-state index contributed by atoms with van der Waals surface area (Å²) in [5.41, 5.74) is 0. The predicted octanol–water partition coefficient (Wildman–Crippen LogP) is 2.24. The Hall–Kier alpha value is -0.430. The molecule has 1 aliphatic rings. The summed E-state index contributed by atoms with van der Waals surface area (Å²) in [5, 5.41) is 3.56. The number of nitrogens with one attached hydrogen (secondary N) is 1. The van der Waals surface area contributed by atoms with Crippen molar-refractivity contribution < 1.29 is 9.53 Å². The van der Waals surface area contributed by atoms with Gasteiger partial charge in [-0.25, -0.2) is 0 Å². The Morgan fingerprint density at radius 3 is 2.84 bits per heavy atom. The Balaban J connectivity index is 1.70. The van der Waals surface area contributed by atoms with Crippen molar-refractivity contribution in [1.82, 2.24) is 10.2 Å². The normalized spacial score (nSPS) is 16.8. The number of carbonyl (C=O) groups is 1. The highest BCUT2D eigenvalue weighted by Gasteiger charge is 2.22. The molecule has 1 fully saturated rings. The fraction of sp³-hybridized carbons (Fsp3) is 0.615. The molecule has 0 aromatic carbocycles. The first-order valence-corrected chi connectivity index (χ1v) is 8.04. The number of halogens is 1. The first-order chi connectivity index (χ1) is 9.19. The summed E-state index contributed by atoms with van der Waals surface area (Å²) >= 11 is 5.23. The van der Waals surface area contributed by atoms with Crippen LogP contribution in [0.5, 0.6) is 0 Å². The number of methoxy groups -OCH3 is 1. The molecule has 1 N–H and O–H groups in total. The molecule has 1 amide bonds. The van der Waals surface area contributed by atoms with Gasteiger partial charge in [-0.15, -0.1) is 11.3 Å². The highest BCUT2D eigenvalue weighted by Crippen LogP contribution is 2.22. The molecule has 4 nitrogen and oxygen atoms in total. The number of piperidine rings is 1. The predicted molar refractivity (Wildman–Crippen MR) is 80.3 cm³/mol. The average Bonchev–Trinajstić information content (AvgIpc) is 2.83. The zero-order chi connectivity index (χ0) is 13.7. The smallest absolute Gasteiger partial charge is 0.248 e. The molecule has 0 bridgehead atoms. The zero-order valence-electron chi connectivity index (χ0n) is 11.0. The van der Waals surface area contributed by atoms with Gasteiger partial charge in [0.2, 0.25) is 5.91 Å². The summed E-state index contributed by atoms with van der Waals surface area (Å²) in [6.07, 6.45) is 2.03. The van der Waals surface area contributed by atoms with Crippen LogP contribution in [0.15, 0.2) is 15.9 Å². The van der Waals surface area contributed by atoms with E-state index in [1.807, 2.05) is 4.90 Å². The van der Waals surface area contributed by atoms with Gasteiger partial charge in [0.1, 0.15) is 6.61 Å². The SMILES string of the molecule is COCC(=O)N1CCC(NCc2ccc(Br)s2)CC1. The first-order valence-electron chi connectivity index (χ1n) is 6.43. The monoisotopic (exact) mass is 346 g/mol. The standard InChI is InChI=1S/C13H19BrN2O2S/c1-18-9-13(17)16-6-4-10(5-7-16)15-8-11-2-3-12(14)19-11/h2-3,10,15H,4-9H2,1H3. The van der Waals surface area contributed by atoms with E-state index < -0.39 is 0 Å². The molecule has 6 heteroatoms. The number of nitrogens with zero attached hydrogens (tertiary/aromatic N) is 1. The molecule has 2 heterocycles. The maximum Gasteiger partial charge on any atom is 0.248 e. The topological polar surface area (TPSA) is 41.6 Å². The summed E-state index contributed by atoms with van der Waals surface area (Å²) < 4.78 is 6.05. The molecule has 106 valence electrons. The minimum atomic E-state index is 0.100. The van der Waals surface area contributed by atoms with Crippen LogP contribution in [-0.4, -0.2) is 43.7 Å². The molecule has 0 aliphatic carbocycles. The van der Waals surface area contributed by atoms with Crippen LogP contribution in [0, 0.1) is 0 Å². The second-order valence-corrected chi connectivity index (χ2v) is 7.22. The Labute approximate surface area is 126 Å². The van der Waals surface area contributed by atoms with Crippen LogP contribution in [0.4, 0.5) is 0 Å². The summed E-state index contributed by atoms with van der Waals surface area (Å²) in [6, 6.07) is 4.72. The van der Waals surface area contributed by atoms with Crippen molar-refractivity contribution in [2.24, 2.45) is 0 Å². The van der Waals surface area contributed by atoms with E-state index in [9.17, 15) is 4.79 Å². The highest BCUT2D eigenvalue weighted by atomic mass is 79.9. The van der Waals surface area contributed by atoms with Gasteiger partial charge in [-0.05, 0) is 40.9 Å². The van der Waals surface area contributed by atoms with Gasteiger partial charge in [0, 0.05) is 37.7 Å². The van der Waals surface area contributed by atoms with E-state index in [2.05, 4.69) is 33.4 Å². The lowest BCUT2D eigenvalue weighted by Crippen LogP contribution is -2.45. The number of hydrogen-bond donors (Lipinski definition) is 1. The summed E-state index contributed by atoms with van der Waals surface area (Å²) in [6.45, 7) is 2.76. The minimum Gasteiger partial charge on any atom is -0.375 e. The lowest BCUT2D eigenvalue weighted by molar-refractivity contribution is -0.136. The summed E-state index contributed by atoms with van der Waals surface area (Å²) in [5.74, 6) is 0.100. The average molecular weight is 347 g/mol. The number of likely N-dealkylation sites (tertiary alicyclic amines) is 1. The molecule has 1 aromatic heterocycles. The lowest BCUT2D eigenvalue weighted by Gasteiger charge is -2.32.